The third-order valence-electron chi connectivity index (χ3n) is 3.17. The van der Waals surface area contributed by atoms with Crippen molar-refractivity contribution in [2.75, 3.05) is 13.1 Å². The lowest BCUT2D eigenvalue weighted by Gasteiger charge is -2.30. The van der Waals surface area contributed by atoms with Crippen molar-refractivity contribution in [2.24, 2.45) is 10.8 Å². The van der Waals surface area contributed by atoms with Crippen LogP contribution < -0.4 is 22.7 Å². The van der Waals surface area contributed by atoms with Crippen LogP contribution in [-0.4, -0.2) is 28.9 Å². The molecular weight excluding hydrogens is 226 g/mol. The van der Waals surface area contributed by atoms with E-state index in [-0.39, 0.29) is 12.4 Å². The van der Waals surface area contributed by atoms with Crippen LogP contribution in [0.15, 0.2) is 17.5 Å². The molecule has 0 saturated carbocycles. The maximum atomic E-state index is 5.88. The standard InChI is InChI=1S/C10H14N5.ClH/c11-9-8-10(13-5-4-12-8)15(14-9)6-2-1-3-7-15;/h4-5H,1-3,6-7H2,(H2,11,14);1H/q+1;/p-1. The molecule has 0 bridgehead atoms. The van der Waals surface area contributed by atoms with Gasteiger partial charge in [0.05, 0.1) is 6.20 Å². The first-order chi connectivity index (χ1) is 7.32. The van der Waals surface area contributed by atoms with Crippen molar-refractivity contribution >= 4 is 11.7 Å². The van der Waals surface area contributed by atoms with Gasteiger partial charge in [-0.2, -0.15) is 4.98 Å². The zero-order valence-electron chi connectivity index (χ0n) is 8.93. The number of quaternary nitrogens is 1. The van der Waals surface area contributed by atoms with Crippen molar-refractivity contribution in [1.29, 1.82) is 0 Å². The van der Waals surface area contributed by atoms with Crippen molar-refractivity contribution < 1.29 is 12.4 Å². The van der Waals surface area contributed by atoms with Gasteiger partial charge < -0.3 is 18.1 Å². The molecule has 0 aromatic carbocycles. The van der Waals surface area contributed by atoms with E-state index in [1.54, 1.807) is 12.4 Å². The van der Waals surface area contributed by atoms with Crippen LogP contribution in [0.4, 0.5) is 5.82 Å². The Balaban J connectivity index is 0.000000963. The van der Waals surface area contributed by atoms with Crippen LogP contribution in [0.2, 0.25) is 0 Å². The molecule has 1 aromatic heterocycles. The highest BCUT2D eigenvalue weighted by molar-refractivity contribution is 6.02. The second kappa shape index (κ2) is 3.99. The van der Waals surface area contributed by atoms with E-state index in [0.29, 0.717) is 10.4 Å². The summed E-state index contributed by atoms with van der Waals surface area (Å²) in [6, 6.07) is 0. The summed E-state index contributed by atoms with van der Waals surface area (Å²) in [7, 11) is 0. The predicted molar refractivity (Wildman–Crippen MR) is 58.1 cm³/mol. The molecule has 2 aliphatic rings. The van der Waals surface area contributed by atoms with E-state index in [0.717, 1.165) is 24.6 Å². The van der Waals surface area contributed by atoms with Crippen LogP contribution >= 0.6 is 0 Å². The number of nitrogens with zero attached hydrogens (tertiary/aromatic N) is 4. The zero-order valence-corrected chi connectivity index (χ0v) is 9.69. The van der Waals surface area contributed by atoms with Crippen LogP contribution in [0.1, 0.15) is 25.0 Å². The molecule has 3 heterocycles. The Hall–Kier alpha value is -1.20. The summed E-state index contributed by atoms with van der Waals surface area (Å²) in [5, 5.41) is 4.55. The lowest BCUT2D eigenvalue weighted by molar-refractivity contribution is -0.00000343. The molecule has 0 unspecified atom stereocenters. The maximum Gasteiger partial charge on any atom is 0.284 e. The number of piperidine rings is 1. The van der Waals surface area contributed by atoms with E-state index < -0.39 is 0 Å². The average molecular weight is 240 g/mol. The predicted octanol–water partition coefficient (Wildman–Crippen LogP) is -2.39. The molecule has 1 fully saturated rings. The Morgan fingerprint density at radius 2 is 1.75 bits per heavy atom. The molecule has 1 aromatic rings. The Bertz CT molecular complexity index is 425. The number of hydrogen-bond acceptors (Lipinski definition) is 4. The summed E-state index contributed by atoms with van der Waals surface area (Å²) in [6.45, 7) is 2.01. The summed E-state index contributed by atoms with van der Waals surface area (Å²) in [5.41, 5.74) is 6.66. The lowest BCUT2D eigenvalue weighted by Crippen LogP contribution is -3.00. The molecule has 86 valence electrons. The van der Waals surface area contributed by atoms with Gasteiger partial charge in [-0.15, -0.1) is 4.59 Å². The molecule has 0 atom stereocenters. The van der Waals surface area contributed by atoms with Crippen molar-refractivity contribution in [3.8, 4) is 0 Å². The van der Waals surface area contributed by atoms with Gasteiger partial charge in [0.1, 0.15) is 13.1 Å². The minimum atomic E-state index is 0. The summed E-state index contributed by atoms with van der Waals surface area (Å²) in [6.07, 6.45) is 7.05. The Labute approximate surface area is 100 Å². The van der Waals surface area contributed by atoms with Crippen molar-refractivity contribution in [3.05, 3.63) is 18.1 Å². The van der Waals surface area contributed by atoms with Gasteiger partial charge in [0, 0.05) is 6.20 Å². The van der Waals surface area contributed by atoms with Crippen molar-refractivity contribution in [2.45, 2.75) is 19.3 Å². The van der Waals surface area contributed by atoms with Crippen LogP contribution in [0.25, 0.3) is 0 Å². The van der Waals surface area contributed by atoms with Gasteiger partial charge in [-0.3, -0.25) is 0 Å². The SMILES string of the molecule is NC1=N[N+]2(CCCCC2)c2nccnc21.[Cl-]. The summed E-state index contributed by atoms with van der Waals surface area (Å²) in [5.74, 6) is 1.48. The van der Waals surface area contributed by atoms with Crippen LogP contribution in [-0.2, 0) is 0 Å². The van der Waals surface area contributed by atoms with E-state index in [1.807, 2.05) is 0 Å². The number of hydrogen-bond donors (Lipinski definition) is 1. The molecule has 0 radical (unpaired) electrons. The van der Waals surface area contributed by atoms with Crippen LogP contribution in [0.3, 0.4) is 0 Å². The molecule has 2 aliphatic heterocycles. The largest absolute Gasteiger partial charge is 1.00 e. The van der Waals surface area contributed by atoms with Gasteiger partial charge >= 0.3 is 0 Å². The van der Waals surface area contributed by atoms with Gasteiger partial charge in [-0.25, -0.2) is 4.98 Å². The van der Waals surface area contributed by atoms with Gasteiger partial charge in [0.25, 0.3) is 5.82 Å². The molecule has 5 nitrogen and oxygen atoms in total. The molecule has 6 heteroatoms. The first kappa shape index (κ1) is 11.3. The second-order valence-electron chi connectivity index (χ2n) is 4.14. The fourth-order valence-corrected chi connectivity index (χ4v) is 2.46. The van der Waals surface area contributed by atoms with Crippen LogP contribution in [0.5, 0.6) is 0 Å². The number of rotatable bonds is 0. The Morgan fingerprint density at radius 3 is 2.50 bits per heavy atom. The molecule has 2 N–H and O–H groups in total. The highest BCUT2D eigenvalue weighted by atomic mass is 35.5. The third kappa shape index (κ3) is 1.47. The van der Waals surface area contributed by atoms with E-state index in [1.165, 1.54) is 19.3 Å². The Morgan fingerprint density at radius 1 is 1.06 bits per heavy atom. The van der Waals surface area contributed by atoms with Crippen molar-refractivity contribution in [3.63, 3.8) is 0 Å². The number of fused-ring (bicyclic) bond motifs is 2. The fraction of sp³-hybridized carbons (Fsp3) is 0.500. The molecular formula is C10H14ClN5. The lowest BCUT2D eigenvalue weighted by atomic mass is 10.1. The van der Waals surface area contributed by atoms with E-state index in [4.69, 9.17) is 5.73 Å². The van der Waals surface area contributed by atoms with E-state index >= 15 is 0 Å². The van der Waals surface area contributed by atoms with Gasteiger partial charge in [0.2, 0.25) is 5.84 Å². The second-order valence-corrected chi connectivity index (χ2v) is 4.14. The molecule has 1 saturated heterocycles. The van der Waals surface area contributed by atoms with E-state index in [9.17, 15) is 0 Å². The van der Waals surface area contributed by atoms with Crippen molar-refractivity contribution in [1.82, 2.24) is 14.6 Å². The average Bonchev–Trinajstić information content (AvgIpc) is 2.55. The van der Waals surface area contributed by atoms with Gasteiger partial charge in [-0.1, -0.05) is 5.10 Å². The summed E-state index contributed by atoms with van der Waals surface area (Å²) >= 11 is 0. The number of halogens is 1. The Kier molecular flexibility index (Phi) is 2.82. The fourth-order valence-electron chi connectivity index (χ4n) is 2.46. The van der Waals surface area contributed by atoms with Crippen LogP contribution in [0, 0.1) is 0 Å². The normalized spacial score (nSPS) is 21.1. The monoisotopic (exact) mass is 239 g/mol. The minimum absolute atomic E-state index is 0. The zero-order chi connectivity index (χ0) is 10.3. The maximum absolute atomic E-state index is 5.88. The number of nitrogens with two attached hydrogens (primary N) is 1. The van der Waals surface area contributed by atoms with Gasteiger partial charge in [0.15, 0.2) is 5.69 Å². The van der Waals surface area contributed by atoms with Gasteiger partial charge in [-0.05, 0) is 19.3 Å². The summed E-state index contributed by atoms with van der Waals surface area (Å²) < 4.78 is 0.578. The number of aromatic nitrogens is 2. The highest BCUT2D eigenvalue weighted by Crippen LogP contribution is 2.33. The third-order valence-corrected chi connectivity index (χ3v) is 3.17. The highest BCUT2D eigenvalue weighted by Gasteiger charge is 2.43. The minimum Gasteiger partial charge on any atom is -1.00 e. The first-order valence-corrected chi connectivity index (χ1v) is 5.37. The van der Waals surface area contributed by atoms with E-state index in [2.05, 4.69) is 15.1 Å². The molecule has 3 rings (SSSR count). The number of amidine groups is 1. The molecule has 0 aliphatic carbocycles. The molecule has 0 amide bonds. The molecule has 16 heavy (non-hydrogen) atoms. The quantitative estimate of drug-likeness (QED) is 0.514. The summed E-state index contributed by atoms with van der Waals surface area (Å²) in [4.78, 5) is 8.66. The molecule has 1 spiro atoms. The topological polar surface area (TPSA) is 64.2 Å². The first-order valence-electron chi connectivity index (χ1n) is 5.37. The smallest absolute Gasteiger partial charge is 0.284 e.